The lowest BCUT2D eigenvalue weighted by atomic mass is 10.2. The maximum absolute atomic E-state index is 6.02. The first-order valence-electron chi connectivity index (χ1n) is 5.58. The Morgan fingerprint density at radius 3 is 3.00 bits per heavy atom. The van der Waals surface area contributed by atoms with E-state index in [-0.39, 0.29) is 6.04 Å². The van der Waals surface area contributed by atoms with Crippen LogP contribution in [0, 0.1) is 6.92 Å². The fraction of sp³-hybridized carbons (Fsp3) is 0.417. The Morgan fingerprint density at radius 2 is 2.38 bits per heavy atom. The molecule has 16 heavy (non-hydrogen) atoms. The Morgan fingerprint density at radius 1 is 1.56 bits per heavy atom. The minimum Gasteiger partial charge on any atom is -0.463 e. The molecule has 2 rings (SSSR count). The van der Waals surface area contributed by atoms with Gasteiger partial charge in [-0.25, -0.2) is 4.98 Å². The first kappa shape index (κ1) is 11.0. The molecule has 0 radical (unpaired) electrons. The normalized spacial score (nSPS) is 12.9. The molecule has 0 spiro atoms. The molecule has 0 saturated carbocycles. The molecular weight excluding hydrogens is 202 g/mol. The van der Waals surface area contributed by atoms with Gasteiger partial charge in [0.25, 0.3) is 0 Å². The number of aromatic nitrogens is 2. The number of H-pyrrole nitrogens is 1. The summed E-state index contributed by atoms with van der Waals surface area (Å²) in [4.78, 5) is 7.72. The van der Waals surface area contributed by atoms with Crippen LogP contribution in [0.2, 0.25) is 0 Å². The van der Waals surface area contributed by atoms with Crippen LogP contribution in [0.3, 0.4) is 0 Å². The van der Waals surface area contributed by atoms with E-state index in [1.54, 1.807) is 6.26 Å². The van der Waals surface area contributed by atoms with Crippen LogP contribution in [-0.2, 0) is 0 Å². The second-order valence-corrected chi connectivity index (χ2v) is 3.97. The predicted molar refractivity (Wildman–Crippen MR) is 62.9 cm³/mol. The predicted octanol–water partition coefficient (Wildman–Crippen LogP) is 2.78. The fourth-order valence-corrected chi connectivity index (χ4v) is 1.76. The molecule has 2 heterocycles. The first-order valence-corrected chi connectivity index (χ1v) is 5.58. The lowest BCUT2D eigenvalue weighted by Crippen LogP contribution is -2.11. The number of imidazole rings is 1. The average Bonchev–Trinajstić information content (AvgIpc) is 2.86. The van der Waals surface area contributed by atoms with E-state index in [1.165, 1.54) is 0 Å². The molecule has 4 heteroatoms. The average molecular weight is 219 g/mol. The number of rotatable bonds is 4. The summed E-state index contributed by atoms with van der Waals surface area (Å²) in [6.45, 7) is 4.09. The van der Waals surface area contributed by atoms with Gasteiger partial charge < -0.3 is 15.1 Å². The number of hydrogen-bond donors (Lipinski definition) is 2. The van der Waals surface area contributed by atoms with Gasteiger partial charge in [0.15, 0.2) is 5.76 Å². The molecule has 2 aromatic heterocycles. The topological polar surface area (TPSA) is 67.8 Å². The number of hydrogen-bond acceptors (Lipinski definition) is 3. The maximum atomic E-state index is 6.02. The highest BCUT2D eigenvalue weighted by molar-refractivity contribution is 5.55. The van der Waals surface area contributed by atoms with Crippen LogP contribution in [0.25, 0.3) is 11.5 Å². The van der Waals surface area contributed by atoms with E-state index in [0.717, 1.165) is 35.8 Å². The zero-order chi connectivity index (χ0) is 11.5. The molecule has 4 nitrogen and oxygen atoms in total. The van der Waals surface area contributed by atoms with Gasteiger partial charge in [0.2, 0.25) is 0 Å². The zero-order valence-corrected chi connectivity index (χ0v) is 9.66. The van der Waals surface area contributed by atoms with Gasteiger partial charge in [-0.05, 0) is 25.5 Å². The smallest absolute Gasteiger partial charge is 0.154 e. The number of nitrogens with one attached hydrogen (secondary N) is 1. The van der Waals surface area contributed by atoms with Crippen molar-refractivity contribution in [3.63, 3.8) is 0 Å². The number of nitrogens with two attached hydrogens (primary N) is 1. The van der Waals surface area contributed by atoms with E-state index < -0.39 is 0 Å². The van der Waals surface area contributed by atoms with Crippen molar-refractivity contribution in [1.29, 1.82) is 0 Å². The van der Waals surface area contributed by atoms with E-state index in [1.807, 2.05) is 19.1 Å². The summed E-state index contributed by atoms with van der Waals surface area (Å²) in [6, 6.07) is 3.74. The molecule has 0 aromatic carbocycles. The SMILES string of the molecule is CCCC(N)c1nc(-c2ccco2)c(C)[nH]1. The van der Waals surface area contributed by atoms with Gasteiger partial charge in [-0.2, -0.15) is 0 Å². The Balaban J connectivity index is 2.29. The lowest BCUT2D eigenvalue weighted by Gasteiger charge is -2.05. The highest BCUT2D eigenvalue weighted by atomic mass is 16.3. The molecule has 3 N–H and O–H groups in total. The highest BCUT2D eigenvalue weighted by Gasteiger charge is 2.15. The Hall–Kier alpha value is -1.55. The van der Waals surface area contributed by atoms with Gasteiger partial charge in [-0.3, -0.25) is 0 Å². The van der Waals surface area contributed by atoms with Crippen molar-refractivity contribution in [3.8, 4) is 11.5 Å². The van der Waals surface area contributed by atoms with Gasteiger partial charge in [0, 0.05) is 5.69 Å². The summed E-state index contributed by atoms with van der Waals surface area (Å²) < 4.78 is 5.33. The molecule has 1 atom stereocenters. The van der Waals surface area contributed by atoms with Crippen LogP contribution in [0.5, 0.6) is 0 Å². The number of furan rings is 1. The fourth-order valence-electron chi connectivity index (χ4n) is 1.76. The molecule has 0 fully saturated rings. The molecule has 0 aliphatic heterocycles. The third-order valence-electron chi connectivity index (χ3n) is 2.61. The monoisotopic (exact) mass is 219 g/mol. The molecule has 2 aromatic rings. The molecule has 0 aliphatic carbocycles. The minimum absolute atomic E-state index is 0.0209. The van der Waals surface area contributed by atoms with Crippen molar-refractivity contribution < 1.29 is 4.42 Å². The minimum atomic E-state index is -0.0209. The van der Waals surface area contributed by atoms with E-state index in [4.69, 9.17) is 10.2 Å². The van der Waals surface area contributed by atoms with Crippen molar-refractivity contribution in [2.24, 2.45) is 5.73 Å². The second-order valence-electron chi connectivity index (χ2n) is 3.97. The third kappa shape index (κ3) is 2.02. The van der Waals surface area contributed by atoms with Crippen molar-refractivity contribution in [2.45, 2.75) is 32.7 Å². The Labute approximate surface area is 94.9 Å². The van der Waals surface area contributed by atoms with Crippen LogP contribution in [0.1, 0.15) is 37.3 Å². The van der Waals surface area contributed by atoms with Crippen molar-refractivity contribution >= 4 is 0 Å². The summed E-state index contributed by atoms with van der Waals surface area (Å²) in [5.41, 5.74) is 7.87. The number of nitrogens with zero attached hydrogens (tertiary/aromatic N) is 1. The van der Waals surface area contributed by atoms with Crippen molar-refractivity contribution in [3.05, 3.63) is 29.9 Å². The van der Waals surface area contributed by atoms with Crippen LogP contribution >= 0.6 is 0 Å². The van der Waals surface area contributed by atoms with E-state index in [2.05, 4.69) is 16.9 Å². The first-order chi connectivity index (χ1) is 7.72. The summed E-state index contributed by atoms with van der Waals surface area (Å²) in [6.07, 6.45) is 3.64. The largest absolute Gasteiger partial charge is 0.463 e. The summed E-state index contributed by atoms with van der Waals surface area (Å²) in [5.74, 6) is 1.62. The van der Waals surface area contributed by atoms with Gasteiger partial charge in [-0.15, -0.1) is 0 Å². The molecule has 0 bridgehead atoms. The zero-order valence-electron chi connectivity index (χ0n) is 9.66. The molecule has 86 valence electrons. The van der Waals surface area contributed by atoms with Crippen molar-refractivity contribution in [2.75, 3.05) is 0 Å². The molecule has 0 amide bonds. The number of aryl methyl sites for hydroxylation is 1. The third-order valence-corrected chi connectivity index (χ3v) is 2.61. The van der Waals surface area contributed by atoms with E-state index in [9.17, 15) is 0 Å². The Bertz CT molecular complexity index is 445. The second kappa shape index (κ2) is 4.53. The molecule has 0 saturated heterocycles. The quantitative estimate of drug-likeness (QED) is 0.830. The Kier molecular flexibility index (Phi) is 3.10. The van der Waals surface area contributed by atoms with Crippen LogP contribution in [-0.4, -0.2) is 9.97 Å². The van der Waals surface area contributed by atoms with Gasteiger partial charge in [-0.1, -0.05) is 13.3 Å². The highest BCUT2D eigenvalue weighted by Crippen LogP contribution is 2.24. The van der Waals surface area contributed by atoms with E-state index >= 15 is 0 Å². The van der Waals surface area contributed by atoms with Crippen LogP contribution < -0.4 is 5.73 Å². The summed E-state index contributed by atoms with van der Waals surface area (Å²) in [5, 5.41) is 0. The van der Waals surface area contributed by atoms with Crippen LogP contribution in [0.15, 0.2) is 22.8 Å². The number of aromatic amines is 1. The molecule has 0 aliphatic rings. The standard InChI is InChI=1S/C12H17N3O/c1-3-5-9(13)12-14-8(2)11(15-12)10-6-4-7-16-10/h4,6-7,9H,3,5,13H2,1-2H3,(H,14,15). The van der Waals surface area contributed by atoms with Crippen LogP contribution in [0.4, 0.5) is 0 Å². The molecule has 1 unspecified atom stereocenters. The van der Waals surface area contributed by atoms with Crippen molar-refractivity contribution in [1.82, 2.24) is 9.97 Å². The molecular formula is C12H17N3O. The van der Waals surface area contributed by atoms with Gasteiger partial charge in [0.1, 0.15) is 11.5 Å². The van der Waals surface area contributed by atoms with E-state index in [0.29, 0.717) is 0 Å². The lowest BCUT2D eigenvalue weighted by molar-refractivity contribution is 0.578. The summed E-state index contributed by atoms with van der Waals surface area (Å²) >= 11 is 0. The van der Waals surface area contributed by atoms with Gasteiger partial charge in [0.05, 0.1) is 12.3 Å². The summed E-state index contributed by atoms with van der Waals surface area (Å²) in [7, 11) is 0. The van der Waals surface area contributed by atoms with Gasteiger partial charge >= 0.3 is 0 Å². The maximum Gasteiger partial charge on any atom is 0.154 e.